The highest BCUT2D eigenvalue weighted by atomic mass is 127. The zero-order chi connectivity index (χ0) is 30.9. The molecule has 0 spiro atoms. The first-order chi connectivity index (χ1) is 20.7. The fourth-order valence-electron chi connectivity index (χ4n) is 4.19. The van der Waals surface area contributed by atoms with Gasteiger partial charge in [0, 0.05) is 11.3 Å². The number of carbonyl (C=O) groups is 2. The molecule has 0 aliphatic carbocycles. The van der Waals surface area contributed by atoms with Crippen molar-refractivity contribution in [1.29, 1.82) is 0 Å². The highest BCUT2D eigenvalue weighted by Gasteiger charge is 2.32. The van der Waals surface area contributed by atoms with Crippen LogP contribution in [0, 0.1) is 13.0 Å². The summed E-state index contributed by atoms with van der Waals surface area (Å²) in [4.78, 5) is 25.3. The van der Waals surface area contributed by atoms with E-state index >= 15 is 0 Å². The molecule has 0 saturated heterocycles. The first kappa shape index (κ1) is 32.6. The molecule has 3 aromatic rings. The molecule has 0 saturated carbocycles. The quantitative estimate of drug-likeness (QED) is 0.0766. The number of rotatable bonds is 11. The second-order valence-corrected chi connectivity index (χ2v) is 11.9. The highest BCUT2D eigenvalue weighted by molar-refractivity contribution is 14.1. The number of hydrazone groups is 1. The number of ether oxygens (including phenoxy) is 3. The Morgan fingerprint density at radius 3 is 2.56 bits per heavy atom. The minimum absolute atomic E-state index is 0.221. The van der Waals surface area contributed by atoms with Crippen LogP contribution in [0.4, 0.5) is 4.39 Å². The topological polar surface area (TPSA) is 110 Å². The number of thiocarbonyl (C=S) groups is 1. The number of allylic oxidation sites excluding steroid dienone is 1. The summed E-state index contributed by atoms with van der Waals surface area (Å²) in [6, 6.07) is 16.4. The predicted octanol–water partition coefficient (Wildman–Crippen LogP) is 5.50. The lowest BCUT2D eigenvalue weighted by Crippen LogP contribution is -2.45. The normalized spacial score (nSPS) is 14.6. The molecule has 224 valence electrons. The number of hydrogen-bond acceptors (Lipinski definition) is 7. The van der Waals surface area contributed by atoms with Crippen LogP contribution in [0.1, 0.15) is 36.6 Å². The van der Waals surface area contributed by atoms with Gasteiger partial charge in [0.2, 0.25) is 0 Å². The lowest BCUT2D eigenvalue weighted by molar-refractivity contribution is -0.139. The third-order valence-corrected chi connectivity index (χ3v) is 7.87. The predicted molar refractivity (Wildman–Crippen MR) is 181 cm³/mol. The minimum atomic E-state index is -0.629. The second-order valence-electron chi connectivity index (χ2n) is 9.14. The third kappa shape index (κ3) is 8.86. The molecular formula is C30H27FI2N4O5S. The van der Waals surface area contributed by atoms with Gasteiger partial charge in [-0.3, -0.25) is 4.79 Å². The largest absolute Gasteiger partial charge is 0.487 e. The van der Waals surface area contributed by atoms with Crippen molar-refractivity contribution in [3.63, 3.8) is 0 Å². The van der Waals surface area contributed by atoms with Crippen molar-refractivity contribution in [2.75, 3.05) is 13.2 Å². The van der Waals surface area contributed by atoms with Gasteiger partial charge in [-0.05, 0) is 113 Å². The Balaban J connectivity index is 1.38. The molecule has 1 aliphatic rings. The zero-order valence-corrected chi connectivity index (χ0v) is 28.2. The van der Waals surface area contributed by atoms with Gasteiger partial charge in [0.25, 0.3) is 5.91 Å². The Bertz CT molecular complexity index is 1580. The molecule has 0 radical (unpaired) electrons. The zero-order valence-electron chi connectivity index (χ0n) is 23.1. The summed E-state index contributed by atoms with van der Waals surface area (Å²) < 4.78 is 32.1. The van der Waals surface area contributed by atoms with Crippen LogP contribution in [0.25, 0.3) is 0 Å². The number of hydrogen-bond donors (Lipinski definition) is 3. The van der Waals surface area contributed by atoms with E-state index in [1.807, 2.05) is 12.1 Å². The van der Waals surface area contributed by atoms with Gasteiger partial charge in [-0.25, -0.2) is 14.6 Å². The van der Waals surface area contributed by atoms with Crippen molar-refractivity contribution >= 4 is 80.6 Å². The van der Waals surface area contributed by atoms with E-state index in [1.54, 1.807) is 50.2 Å². The van der Waals surface area contributed by atoms with Gasteiger partial charge in [-0.1, -0.05) is 30.3 Å². The van der Waals surface area contributed by atoms with E-state index in [1.165, 1.54) is 18.3 Å². The number of amides is 1. The highest BCUT2D eigenvalue weighted by Crippen LogP contribution is 2.34. The molecule has 1 aliphatic heterocycles. The van der Waals surface area contributed by atoms with E-state index in [9.17, 15) is 14.0 Å². The number of esters is 1. The van der Waals surface area contributed by atoms with Crippen molar-refractivity contribution in [2.45, 2.75) is 26.5 Å². The molecule has 43 heavy (non-hydrogen) atoms. The van der Waals surface area contributed by atoms with Crippen LogP contribution in [0.2, 0.25) is 0 Å². The number of para-hydroxylation sites is 1. The van der Waals surface area contributed by atoms with Crippen molar-refractivity contribution < 1.29 is 28.2 Å². The smallest absolute Gasteiger partial charge is 0.338 e. The fourth-order valence-corrected chi connectivity index (χ4v) is 6.58. The van der Waals surface area contributed by atoms with Crippen molar-refractivity contribution in [2.24, 2.45) is 5.10 Å². The summed E-state index contributed by atoms with van der Waals surface area (Å²) in [6.07, 6.45) is 1.52. The van der Waals surface area contributed by atoms with E-state index in [4.69, 9.17) is 26.4 Å². The van der Waals surface area contributed by atoms with E-state index in [0.717, 1.165) is 18.3 Å². The standard InChI is InChI=1S/C30H27FI2N4O5S/c1-3-40-29(39)26-17(2)35-30(43)36-27(26)21-9-4-5-10-24(21)41-16-25(38)37-34-14-19-12-22(32)28(23(33)13-19)42-15-18-7-6-8-20(31)11-18/h4-14,27H,3,15-16H2,1-2H3,(H,37,38)(H2,35,36,43)/t27-/m1/s1. The molecule has 4 rings (SSSR count). The maximum Gasteiger partial charge on any atom is 0.338 e. The Labute approximate surface area is 280 Å². The SMILES string of the molecule is CCOC(=O)C1=C(C)NC(=S)N[C@@H]1c1ccccc1OCC(=O)NN=Cc1cc(I)c(OCc2cccc(F)c2)c(I)c1. The molecule has 0 bridgehead atoms. The van der Waals surface area contributed by atoms with Gasteiger partial charge in [0.05, 0.1) is 31.6 Å². The van der Waals surface area contributed by atoms with Gasteiger partial charge >= 0.3 is 5.97 Å². The van der Waals surface area contributed by atoms with Crippen LogP contribution < -0.4 is 25.5 Å². The van der Waals surface area contributed by atoms with Crippen LogP contribution in [0.5, 0.6) is 11.5 Å². The van der Waals surface area contributed by atoms with Crippen LogP contribution in [-0.4, -0.2) is 36.4 Å². The Morgan fingerprint density at radius 1 is 1.09 bits per heavy atom. The maximum atomic E-state index is 13.5. The van der Waals surface area contributed by atoms with Gasteiger partial charge in [0.1, 0.15) is 23.9 Å². The summed E-state index contributed by atoms with van der Waals surface area (Å²) in [5, 5.41) is 10.5. The number of nitrogens with one attached hydrogen (secondary N) is 3. The molecule has 1 amide bonds. The van der Waals surface area contributed by atoms with Crippen LogP contribution in [0.15, 0.2) is 77.0 Å². The fraction of sp³-hybridized carbons (Fsp3) is 0.200. The molecule has 0 aromatic heterocycles. The number of nitrogens with zero attached hydrogens (tertiary/aromatic N) is 1. The summed E-state index contributed by atoms with van der Waals surface area (Å²) in [5.74, 6) is -0.191. The minimum Gasteiger partial charge on any atom is -0.487 e. The molecule has 0 fully saturated rings. The Morgan fingerprint density at radius 2 is 1.84 bits per heavy atom. The first-order valence-electron chi connectivity index (χ1n) is 13.0. The van der Waals surface area contributed by atoms with Crippen LogP contribution in [0.3, 0.4) is 0 Å². The van der Waals surface area contributed by atoms with Crippen LogP contribution >= 0.6 is 57.4 Å². The Hall–Kier alpha value is -3.31. The lowest BCUT2D eigenvalue weighted by Gasteiger charge is -2.30. The monoisotopic (exact) mass is 828 g/mol. The van der Waals surface area contributed by atoms with Crippen molar-refractivity contribution in [3.05, 3.63) is 102 Å². The van der Waals surface area contributed by atoms with E-state index < -0.39 is 17.9 Å². The molecule has 3 aromatic carbocycles. The molecule has 13 heteroatoms. The third-order valence-electron chi connectivity index (χ3n) is 6.05. The van der Waals surface area contributed by atoms with Gasteiger partial charge in [0.15, 0.2) is 11.7 Å². The van der Waals surface area contributed by atoms with E-state index in [0.29, 0.717) is 33.4 Å². The van der Waals surface area contributed by atoms with E-state index in [2.05, 4.69) is 66.3 Å². The number of halogens is 3. The van der Waals surface area contributed by atoms with Gasteiger partial charge in [-0.2, -0.15) is 5.10 Å². The average Bonchev–Trinajstić information content (AvgIpc) is 2.95. The molecule has 3 N–H and O–H groups in total. The summed E-state index contributed by atoms with van der Waals surface area (Å²) >= 11 is 9.63. The van der Waals surface area contributed by atoms with Crippen molar-refractivity contribution in [1.82, 2.24) is 16.1 Å². The molecule has 1 heterocycles. The Kier molecular flexibility index (Phi) is 11.7. The summed E-state index contributed by atoms with van der Waals surface area (Å²) in [5.41, 5.74) is 5.51. The van der Waals surface area contributed by atoms with Crippen LogP contribution in [-0.2, 0) is 20.9 Å². The molecule has 0 unspecified atom stereocenters. The second kappa shape index (κ2) is 15.4. The first-order valence-corrected chi connectivity index (χ1v) is 15.6. The summed E-state index contributed by atoms with van der Waals surface area (Å²) in [7, 11) is 0. The molecule has 1 atom stereocenters. The molecular weight excluding hydrogens is 801 g/mol. The van der Waals surface area contributed by atoms with Crippen molar-refractivity contribution in [3.8, 4) is 11.5 Å². The van der Waals surface area contributed by atoms with E-state index in [-0.39, 0.29) is 25.6 Å². The average molecular weight is 828 g/mol. The number of carbonyl (C=O) groups excluding carboxylic acids is 2. The molecule has 9 nitrogen and oxygen atoms in total. The number of benzene rings is 3. The van der Waals surface area contributed by atoms with Gasteiger partial charge < -0.3 is 24.8 Å². The van der Waals surface area contributed by atoms with Gasteiger partial charge in [-0.15, -0.1) is 0 Å². The lowest BCUT2D eigenvalue weighted by atomic mass is 9.95. The maximum absolute atomic E-state index is 13.5. The summed E-state index contributed by atoms with van der Waals surface area (Å²) in [6.45, 7) is 3.62.